The molecule has 90 valence electrons. The molecule has 0 radical (unpaired) electrons. The second kappa shape index (κ2) is 4.34. The summed E-state index contributed by atoms with van der Waals surface area (Å²) in [6.45, 7) is 0. The fourth-order valence-corrected chi connectivity index (χ4v) is 2.07. The maximum Gasteiger partial charge on any atom is 0.300 e. The molecule has 1 aromatic heterocycles. The Bertz CT molecular complexity index is 708. The Morgan fingerprint density at radius 2 is 2.06 bits per heavy atom. The molecule has 0 aliphatic rings. The number of hydrogen-bond acceptors (Lipinski definition) is 3. The maximum atomic E-state index is 5.71. The number of nitrogens with two attached hydrogens (primary N) is 1. The number of aromatic nitrogens is 2. The number of benzene rings is 2. The van der Waals surface area contributed by atoms with Crippen LogP contribution in [0.4, 0.5) is 5.69 Å². The average Bonchev–Trinajstić information content (AvgIpc) is 2.70. The van der Waals surface area contributed by atoms with Gasteiger partial charge in [-0.25, -0.2) is 0 Å². The number of rotatable bonds is 2. The van der Waals surface area contributed by atoms with Gasteiger partial charge in [0.25, 0.3) is 6.01 Å². The summed E-state index contributed by atoms with van der Waals surface area (Å²) in [5, 5.41) is 0. The van der Waals surface area contributed by atoms with Crippen molar-refractivity contribution in [2.75, 3.05) is 5.73 Å². The topological polar surface area (TPSA) is 63.9 Å². The Hall–Kier alpha value is -2.01. The molecule has 4 nitrogen and oxygen atoms in total. The zero-order chi connectivity index (χ0) is 12.5. The highest BCUT2D eigenvalue weighted by molar-refractivity contribution is 9.10. The third kappa shape index (κ3) is 2.17. The maximum absolute atomic E-state index is 5.71. The van der Waals surface area contributed by atoms with Crippen molar-refractivity contribution in [1.82, 2.24) is 9.97 Å². The van der Waals surface area contributed by atoms with Gasteiger partial charge in [0, 0.05) is 10.2 Å². The lowest BCUT2D eigenvalue weighted by Crippen LogP contribution is -1.85. The van der Waals surface area contributed by atoms with Crippen molar-refractivity contribution in [3.8, 4) is 11.8 Å². The summed E-state index contributed by atoms with van der Waals surface area (Å²) in [5.74, 6) is 0.719. The van der Waals surface area contributed by atoms with Crippen LogP contribution in [-0.4, -0.2) is 9.97 Å². The first-order valence-electron chi connectivity index (χ1n) is 5.39. The lowest BCUT2D eigenvalue weighted by atomic mass is 10.3. The Kier molecular flexibility index (Phi) is 2.68. The van der Waals surface area contributed by atoms with Crippen LogP contribution in [0, 0.1) is 0 Å². The normalized spacial score (nSPS) is 10.7. The van der Waals surface area contributed by atoms with Crippen LogP contribution in [0.3, 0.4) is 0 Å². The largest absolute Gasteiger partial charge is 0.426 e. The molecule has 0 aliphatic carbocycles. The standard InChI is InChI=1S/C13H10BrN3O/c14-8-2-1-3-10(6-8)18-13-16-11-5-4-9(15)7-12(11)17-13/h1-7H,15H2,(H,16,17). The van der Waals surface area contributed by atoms with Gasteiger partial charge in [-0.3, -0.25) is 0 Å². The summed E-state index contributed by atoms with van der Waals surface area (Å²) in [6, 6.07) is 13.5. The molecule has 0 spiro atoms. The Balaban J connectivity index is 1.95. The molecule has 3 N–H and O–H groups in total. The fraction of sp³-hybridized carbons (Fsp3) is 0. The Labute approximate surface area is 112 Å². The second-order valence-electron chi connectivity index (χ2n) is 3.88. The van der Waals surface area contributed by atoms with Crippen molar-refractivity contribution in [2.24, 2.45) is 0 Å². The molecule has 0 atom stereocenters. The smallest absolute Gasteiger partial charge is 0.300 e. The van der Waals surface area contributed by atoms with Crippen LogP contribution in [0.2, 0.25) is 0 Å². The third-order valence-corrected chi connectivity index (χ3v) is 2.99. The van der Waals surface area contributed by atoms with E-state index in [1.165, 1.54) is 0 Å². The molecule has 0 saturated carbocycles. The molecule has 0 saturated heterocycles. The van der Waals surface area contributed by atoms with Crippen molar-refractivity contribution in [1.29, 1.82) is 0 Å². The zero-order valence-electron chi connectivity index (χ0n) is 9.35. The monoisotopic (exact) mass is 303 g/mol. The fourth-order valence-electron chi connectivity index (χ4n) is 1.69. The SMILES string of the molecule is Nc1ccc2nc(Oc3cccc(Br)c3)[nH]c2c1. The average molecular weight is 304 g/mol. The Morgan fingerprint density at radius 3 is 2.89 bits per heavy atom. The zero-order valence-corrected chi connectivity index (χ0v) is 10.9. The molecule has 3 aromatic rings. The number of H-pyrrole nitrogens is 1. The van der Waals surface area contributed by atoms with Gasteiger partial charge in [0.05, 0.1) is 11.0 Å². The van der Waals surface area contributed by atoms with E-state index < -0.39 is 0 Å². The first kappa shape index (κ1) is 11.1. The van der Waals surface area contributed by atoms with Gasteiger partial charge in [0.1, 0.15) is 5.75 Å². The minimum absolute atomic E-state index is 0.453. The van der Waals surface area contributed by atoms with E-state index in [-0.39, 0.29) is 0 Å². The van der Waals surface area contributed by atoms with Gasteiger partial charge in [-0.2, -0.15) is 4.98 Å². The lowest BCUT2D eigenvalue weighted by molar-refractivity contribution is 0.449. The van der Waals surface area contributed by atoms with E-state index in [0.29, 0.717) is 11.7 Å². The van der Waals surface area contributed by atoms with E-state index in [2.05, 4.69) is 25.9 Å². The molecule has 3 rings (SSSR count). The van der Waals surface area contributed by atoms with Gasteiger partial charge in [-0.05, 0) is 36.4 Å². The molecular formula is C13H10BrN3O. The molecule has 0 unspecified atom stereocenters. The Morgan fingerprint density at radius 1 is 1.17 bits per heavy atom. The van der Waals surface area contributed by atoms with Crippen LogP contribution in [0.1, 0.15) is 0 Å². The van der Waals surface area contributed by atoms with E-state index in [1.807, 2.05) is 42.5 Å². The van der Waals surface area contributed by atoms with Gasteiger partial charge in [0.2, 0.25) is 0 Å². The van der Waals surface area contributed by atoms with Crippen molar-refractivity contribution in [3.63, 3.8) is 0 Å². The number of nitrogens with zero attached hydrogens (tertiary/aromatic N) is 1. The molecule has 0 bridgehead atoms. The molecular weight excluding hydrogens is 294 g/mol. The second-order valence-corrected chi connectivity index (χ2v) is 4.79. The molecule has 18 heavy (non-hydrogen) atoms. The number of halogens is 1. The van der Waals surface area contributed by atoms with Crippen LogP contribution in [0.5, 0.6) is 11.8 Å². The summed E-state index contributed by atoms with van der Waals surface area (Å²) in [5.41, 5.74) is 8.09. The molecule has 0 aliphatic heterocycles. The lowest BCUT2D eigenvalue weighted by Gasteiger charge is -2.01. The number of aromatic amines is 1. The summed E-state index contributed by atoms with van der Waals surface area (Å²) >= 11 is 3.39. The van der Waals surface area contributed by atoms with Crippen molar-refractivity contribution >= 4 is 32.7 Å². The molecule has 5 heteroatoms. The summed E-state index contributed by atoms with van der Waals surface area (Å²) in [6.07, 6.45) is 0. The van der Waals surface area contributed by atoms with Crippen LogP contribution in [-0.2, 0) is 0 Å². The van der Waals surface area contributed by atoms with Crippen molar-refractivity contribution in [3.05, 3.63) is 46.9 Å². The highest BCUT2D eigenvalue weighted by Crippen LogP contribution is 2.25. The van der Waals surface area contributed by atoms with Gasteiger partial charge < -0.3 is 15.5 Å². The number of anilines is 1. The van der Waals surface area contributed by atoms with Gasteiger partial charge in [-0.1, -0.05) is 22.0 Å². The van der Waals surface area contributed by atoms with Gasteiger partial charge >= 0.3 is 0 Å². The quantitative estimate of drug-likeness (QED) is 0.710. The van der Waals surface area contributed by atoms with E-state index in [9.17, 15) is 0 Å². The molecule has 2 aromatic carbocycles. The van der Waals surface area contributed by atoms with Crippen LogP contribution < -0.4 is 10.5 Å². The van der Waals surface area contributed by atoms with Gasteiger partial charge in [-0.15, -0.1) is 0 Å². The predicted molar refractivity (Wildman–Crippen MR) is 74.7 cm³/mol. The van der Waals surface area contributed by atoms with E-state index in [1.54, 1.807) is 0 Å². The number of hydrogen-bond donors (Lipinski definition) is 2. The number of nitrogens with one attached hydrogen (secondary N) is 1. The third-order valence-electron chi connectivity index (χ3n) is 2.49. The molecule has 1 heterocycles. The molecule has 0 amide bonds. The van der Waals surface area contributed by atoms with Crippen molar-refractivity contribution in [2.45, 2.75) is 0 Å². The van der Waals surface area contributed by atoms with Crippen LogP contribution in [0.25, 0.3) is 11.0 Å². The summed E-state index contributed by atoms with van der Waals surface area (Å²) in [4.78, 5) is 7.41. The molecule has 0 fully saturated rings. The summed E-state index contributed by atoms with van der Waals surface area (Å²) in [7, 11) is 0. The predicted octanol–water partition coefficient (Wildman–Crippen LogP) is 3.70. The van der Waals surface area contributed by atoms with Crippen molar-refractivity contribution < 1.29 is 4.74 Å². The summed E-state index contributed by atoms with van der Waals surface area (Å²) < 4.78 is 6.61. The van der Waals surface area contributed by atoms with E-state index in [0.717, 1.165) is 21.3 Å². The van der Waals surface area contributed by atoms with E-state index in [4.69, 9.17) is 10.5 Å². The van der Waals surface area contributed by atoms with Crippen LogP contribution in [0.15, 0.2) is 46.9 Å². The highest BCUT2D eigenvalue weighted by Gasteiger charge is 2.05. The van der Waals surface area contributed by atoms with Crippen LogP contribution >= 0.6 is 15.9 Å². The number of nitrogen functional groups attached to an aromatic ring is 1. The van der Waals surface area contributed by atoms with Gasteiger partial charge in [0.15, 0.2) is 0 Å². The highest BCUT2D eigenvalue weighted by atomic mass is 79.9. The number of fused-ring (bicyclic) bond motifs is 1. The first-order chi connectivity index (χ1) is 8.70. The number of ether oxygens (including phenoxy) is 1. The minimum Gasteiger partial charge on any atom is -0.426 e. The minimum atomic E-state index is 0.453. The first-order valence-corrected chi connectivity index (χ1v) is 6.19. The number of imidazole rings is 1. The van der Waals surface area contributed by atoms with E-state index >= 15 is 0 Å².